The lowest BCUT2D eigenvalue weighted by molar-refractivity contribution is 0.209. The van der Waals surface area contributed by atoms with Crippen LogP contribution < -0.4 is 15.2 Å². The summed E-state index contributed by atoms with van der Waals surface area (Å²) in [5.74, 6) is 1.21. The van der Waals surface area contributed by atoms with Crippen LogP contribution in [0.5, 0.6) is 11.5 Å². The van der Waals surface area contributed by atoms with Gasteiger partial charge in [-0.2, -0.15) is 0 Å². The molecule has 3 nitrogen and oxygen atoms in total. The molecule has 0 amide bonds. The van der Waals surface area contributed by atoms with Crippen molar-refractivity contribution in [3.8, 4) is 11.5 Å². The number of ether oxygens (including phenoxy) is 2. The minimum Gasteiger partial charge on any atom is -0.493 e. The van der Waals surface area contributed by atoms with Gasteiger partial charge in [-0.3, -0.25) is 0 Å². The fourth-order valence-corrected chi connectivity index (χ4v) is 3.62. The molecule has 1 aliphatic rings. The van der Waals surface area contributed by atoms with Crippen LogP contribution in [-0.2, 0) is 11.1 Å². The number of hydrogen-bond donors (Lipinski definition) is 1. The zero-order valence-corrected chi connectivity index (χ0v) is 14.2. The highest BCUT2D eigenvalue weighted by Crippen LogP contribution is 2.47. The Morgan fingerprint density at radius 2 is 1.64 bits per heavy atom. The number of halogens is 1. The monoisotopic (exact) mass is 309 g/mol. The van der Waals surface area contributed by atoms with Crippen molar-refractivity contribution in [2.24, 2.45) is 5.73 Å². The van der Waals surface area contributed by atoms with Gasteiger partial charge in [0.15, 0.2) is 11.5 Å². The van der Waals surface area contributed by atoms with Gasteiger partial charge in [0.25, 0.3) is 0 Å². The number of alkyl halides is 1. The molecule has 4 heteroatoms. The Hall–Kier alpha value is -1.29. The SMILES string of the molecule is COc1cc(C(C)(C)F)c(C2(CN)CCCCC2)cc1OC. The molecule has 0 aromatic heterocycles. The average molecular weight is 309 g/mol. The van der Waals surface area contributed by atoms with Crippen molar-refractivity contribution < 1.29 is 13.9 Å². The van der Waals surface area contributed by atoms with Crippen LogP contribution in [0.1, 0.15) is 57.1 Å². The summed E-state index contributed by atoms with van der Waals surface area (Å²) >= 11 is 0. The Kier molecular flexibility index (Phi) is 5.00. The van der Waals surface area contributed by atoms with Gasteiger partial charge >= 0.3 is 0 Å². The highest BCUT2D eigenvalue weighted by atomic mass is 19.1. The third-order valence-corrected chi connectivity index (χ3v) is 4.94. The molecule has 0 radical (unpaired) electrons. The van der Waals surface area contributed by atoms with E-state index in [1.54, 1.807) is 34.1 Å². The molecule has 22 heavy (non-hydrogen) atoms. The zero-order chi connectivity index (χ0) is 16.4. The van der Waals surface area contributed by atoms with E-state index in [2.05, 4.69) is 0 Å². The second kappa shape index (κ2) is 6.45. The van der Waals surface area contributed by atoms with Gasteiger partial charge in [0.2, 0.25) is 0 Å². The molecule has 0 unspecified atom stereocenters. The minimum atomic E-state index is -1.45. The molecule has 0 bridgehead atoms. The summed E-state index contributed by atoms with van der Waals surface area (Å²) in [6, 6.07) is 3.72. The molecule has 1 aliphatic carbocycles. The van der Waals surface area contributed by atoms with E-state index in [4.69, 9.17) is 15.2 Å². The molecule has 1 saturated carbocycles. The first-order chi connectivity index (χ1) is 10.4. The normalized spacial score (nSPS) is 18.1. The van der Waals surface area contributed by atoms with Gasteiger partial charge in [-0.05, 0) is 49.9 Å². The molecule has 0 heterocycles. The molecule has 1 aromatic rings. The van der Waals surface area contributed by atoms with Gasteiger partial charge in [0, 0.05) is 12.0 Å². The topological polar surface area (TPSA) is 44.5 Å². The predicted molar refractivity (Wildman–Crippen MR) is 87.5 cm³/mol. The van der Waals surface area contributed by atoms with Crippen LogP contribution in [0.4, 0.5) is 4.39 Å². The summed E-state index contributed by atoms with van der Waals surface area (Å²) in [6.07, 6.45) is 5.50. The molecule has 1 fully saturated rings. The second-order valence-electron chi connectivity index (χ2n) is 6.77. The Balaban J connectivity index is 2.66. The Morgan fingerprint density at radius 3 is 2.09 bits per heavy atom. The Morgan fingerprint density at radius 1 is 1.09 bits per heavy atom. The van der Waals surface area contributed by atoms with Crippen LogP contribution in [0.25, 0.3) is 0 Å². The van der Waals surface area contributed by atoms with Crippen LogP contribution in [0.15, 0.2) is 12.1 Å². The number of benzene rings is 1. The van der Waals surface area contributed by atoms with E-state index in [0.29, 0.717) is 23.6 Å². The minimum absolute atomic E-state index is 0.156. The van der Waals surface area contributed by atoms with Gasteiger partial charge in [0.05, 0.1) is 14.2 Å². The van der Waals surface area contributed by atoms with E-state index >= 15 is 0 Å². The van der Waals surface area contributed by atoms with Gasteiger partial charge in [0.1, 0.15) is 5.67 Å². The van der Waals surface area contributed by atoms with Crippen molar-refractivity contribution in [2.45, 2.75) is 57.0 Å². The second-order valence-corrected chi connectivity index (χ2v) is 6.77. The lowest BCUT2D eigenvalue weighted by Crippen LogP contribution is -2.39. The summed E-state index contributed by atoms with van der Waals surface area (Å²) in [6.45, 7) is 3.71. The van der Waals surface area contributed by atoms with Crippen LogP contribution in [0.2, 0.25) is 0 Å². The van der Waals surface area contributed by atoms with Crippen LogP contribution >= 0.6 is 0 Å². The van der Waals surface area contributed by atoms with E-state index < -0.39 is 5.67 Å². The summed E-state index contributed by atoms with van der Waals surface area (Å²) < 4.78 is 25.7. The molecular weight excluding hydrogens is 281 g/mol. The molecule has 0 spiro atoms. The summed E-state index contributed by atoms with van der Waals surface area (Å²) in [4.78, 5) is 0. The molecule has 2 N–H and O–H groups in total. The van der Waals surface area contributed by atoms with Gasteiger partial charge < -0.3 is 15.2 Å². The first kappa shape index (κ1) is 17.1. The molecule has 0 saturated heterocycles. The van der Waals surface area contributed by atoms with E-state index in [1.807, 2.05) is 6.07 Å². The van der Waals surface area contributed by atoms with Gasteiger partial charge in [-0.25, -0.2) is 4.39 Å². The molecule has 2 rings (SSSR count). The first-order valence-corrected chi connectivity index (χ1v) is 8.04. The molecule has 0 atom stereocenters. The number of nitrogens with two attached hydrogens (primary N) is 1. The third-order valence-electron chi connectivity index (χ3n) is 4.94. The van der Waals surface area contributed by atoms with Crippen LogP contribution in [-0.4, -0.2) is 20.8 Å². The number of rotatable bonds is 5. The number of hydrogen-bond acceptors (Lipinski definition) is 3. The van der Waals surface area contributed by atoms with Crippen molar-refractivity contribution in [1.29, 1.82) is 0 Å². The fourth-order valence-electron chi connectivity index (χ4n) is 3.62. The average Bonchev–Trinajstić information content (AvgIpc) is 2.53. The highest BCUT2D eigenvalue weighted by Gasteiger charge is 2.38. The van der Waals surface area contributed by atoms with Crippen molar-refractivity contribution in [3.63, 3.8) is 0 Å². The maximum absolute atomic E-state index is 14.9. The van der Waals surface area contributed by atoms with Crippen molar-refractivity contribution in [1.82, 2.24) is 0 Å². The zero-order valence-electron chi connectivity index (χ0n) is 14.2. The van der Waals surface area contributed by atoms with Crippen molar-refractivity contribution >= 4 is 0 Å². The molecule has 124 valence electrons. The van der Waals surface area contributed by atoms with Crippen LogP contribution in [0.3, 0.4) is 0 Å². The van der Waals surface area contributed by atoms with E-state index in [9.17, 15) is 4.39 Å². The Labute approximate surface area is 133 Å². The summed E-state index contributed by atoms with van der Waals surface area (Å²) in [7, 11) is 3.18. The maximum atomic E-state index is 14.9. The van der Waals surface area contributed by atoms with Gasteiger partial charge in [-0.1, -0.05) is 19.3 Å². The fraction of sp³-hybridized carbons (Fsp3) is 0.667. The molecule has 0 aliphatic heterocycles. The molecule has 1 aromatic carbocycles. The largest absolute Gasteiger partial charge is 0.493 e. The lowest BCUT2D eigenvalue weighted by atomic mass is 9.67. The summed E-state index contributed by atoms with van der Waals surface area (Å²) in [5.41, 5.74) is 6.19. The van der Waals surface area contributed by atoms with Crippen molar-refractivity contribution in [3.05, 3.63) is 23.3 Å². The highest BCUT2D eigenvalue weighted by molar-refractivity contribution is 5.52. The Bertz CT molecular complexity index is 517. The van der Waals surface area contributed by atoms with Gasteiger partial charge in [-0.15, -0.1) is 0 Å². The predicted octanol–water partition coefficient (Wildman–Crippen LogP) is 4.07. The van der Waals surface area contributed by atoms with E-state index in [-0.39, 0.29) is 5.41 Å². The maximum Gasteiger partial charge on any atom is 0.161 e. The lowest BCUT2D eigenvalue weighted by Gasteiger charge is -2.40. The quantitative estimate of drug-likeness (QED) is 0.891. The van der Waals surface area contributed by atoms with Crippen molar-refractivity contribution in [2.75, 3.05) is 20.8 Å². The summed E-state index contributed by atoms with van der Waals surface area (Å²) in [5, 5.41) is 0. The third kappa shape index (κ3) is 3.07. The van der Waals surface area contributed by atoms with E-state index in [1.165, 1.54) is 6.42 Å². The van der Waals surface area contributed by atoms with E-state index in [0.717, 1.165) is 31.2 Å². The smallest absolute Gasteiger partial charge is 0.161 e. The molecular formula is C18H28FNO2. The first-order valence-electron chi connectivity index (χ1n) is 8.04. The number of methoxy groups -OCH3 is 2. The van der Waals surface area contributed by atoms with Crippen LogP contribution in [0, 0.1) is 0 Å². The standard InChI is InChI=1S/C18H28FNO2/c1-17(2,19)13-10-15(21-3)16(22-4)11-14(13)18(12-20)8-6-5-7-9-18/h10-11H,5-9,12,20H2,1-4H3.